The molecule has 0 aliphatic heterocycles. The molecule has 0 unspecified atom stereocenters. The molecule has 6 nitrogen and oxygen atoms in total. The van der Waals surface area contributed by atoms with Crippen LogP contribution in [0.4, 0.5) is 19.3 Å². The largest absolute Gasteiger partial charge is 0.435 e. The topological polar surface area (TPSA) is 59.4 Å². The van der Waals surface area contributed by atoms with Crippen LogP contribution in [0.25, 0.3) is 0 Å². The zero-order valence-electron chi connectivity index (χ0n) is 15.3. The van der Waals surface area contributed by atoms with Crippen LogP contribution in [0.3, 0.4) is 0 Å². The maximum Gasteiger partial charge on any atom is 0.387 e. The zero-order chi connectivity index (χ0) is 19.9. The van der Waals surface area contributed by atoms with Gasteiger partial charge in [0.15, 0.2) is 0 Å². The Hall–Kier alpha value is -3.42. The molecule has 0 saturated carbocycles. The number of ether oxygens (including phenoxy) is 1. The van der Waals surface area contributed by atoms with Gasteiger partial charge in [-0.1, -0.05) is 24.3 Å². The monoisotopic (exact) mass is 386 g/mol. The number of carbonyl (C=O) groups is 1. The first-order chi connectivity index (χ1) is 13.5. The van der Waals surface area contributed by atoms with Crippen LogP contribution >= 0.6 is 0 Å². The second-order valence-electron chi connectivity index (χ2n) is 6.21. The van der Waals surface area contributed by atoms with Gasteiger partial charge in [0.1, 0.15) is 5.75 Å². The predicted octanol–water partition coefficient (Wildman–Crippen LogP) is 4.20. The van der Waals surface area contributed by atoms with Crippen LogP contribution in [0.2, 0.25) is 0 Å². The van der Waals surface area contributed by atoms with Gasteiger partial charge in [-0.3, -0.25) is 4.68 Å². The van der Waals surface area contributed by atoms with Crippen molar-refractivity contribution in [2.24, 2.45) is 0 Å². The molecule has 28 heavy (non-hydrogen) atoms. The molecule has 1 N–H and O–H groups in total. The summed E-state index contributed by atoms with van der Waals surface area (Å²) in [7, 11) is 1.66. The van der Waals surface area contributed by atoms with Crippen LogP contribution < -0.4 is 10.1 Å². The SMILES string of the molecule is CN(Cc1ccc(OC(F)F)cc1)C(=O)Nc1cccc(Cn2cccn2)c1. The number of nitrogens with one attached hydrogen (secondary N) is 1. The van der Waals surface area contributed by atoms with Gasteiger partial charge in [0, 0.05) is 31.7 Å². The van der Waals surface area contributed by atoms with Gasteiger partial charge in [0.2, 0.25) is 0 Å². The summed E-state index contributed by atoms with van der Waals surface area (Å²) in [6.45, 7) is -1.92. The molecule has 146 valence electrons. The van der Waals surface area contributed by atoms with E-state index in [0.717, 1.165) is 11.1 Å². The fourth-order valence-corrected chi connectivity index (χ4v) is 2.67. The van der Waals surface area contributed by atoms with Crippen molar-refractivity contribution in [3.8, 4) is 5.75 Å². The van der Waals surface area contributed by atoms with E-state index < -0.39 is 6.61 Å². The fraction of sp³-hybridized carbons (Fsp3) is 0.200. The van der Waals surface area contributed by atoms with Gasteiger partial charge in [-0.05, 0) is 41.5 Å². The van der Waals surface area contributed by atoms with Crippen LogP contribution in [0.15, 0.2) is 67.0 Å². The third kappa shape index (κ3) is 5.54. The van der Waals surface area contributed by atoms with E-state index in [-0.39, 0.29) is 11.8 Å². The highest BCUT2D eigenvalue weighted by molar-refractivity contribution is 5.89. The summed E-state index contributed by atoms with van der Waals surface area (Å²) in [5.41, 5.74) is 2.49. The summed E-state index contributed by atoms with van der Waals surface area (Å²) in [6, 6.07) is 15.3. The molecule has 2 aromatic carbocycles. The summed E-state index contributed by atoms with van der Waals surface area (Å²) in [5.74, 6) is 0.0832. The number of anilines is 1. The fourth-order valence-electron chi connectivity index (χ4n) is 2.67. The highest BCUT2D eigenvalue weighted by atomic mass is 19.3. The van der Waals surface area contributed by atoms with Crippen molar-refractivity contribution < 1.29 is 18.3 Å². The molecule has 0 spiro atoms. The molecule has 0 radical (unpaired) electrons. The number of benzene rings is 2. The lowest BCUT2D eigenvalue weighted by atomic mass is 10.2. The highest BCUT2D eigenvalue weighted by Crippen LogP contribution is 2.17. The molecule has 3 rings (SSSR count). The Morgan fingerprint density at radius 2 is 1.96 bits per heavy atom. The van der Waals surface area contributed by atoms with Crippen LogP contribution in [-0.2, 0) is 13.1 Å². The van der Waals surface area contributed by atoms with Crippen LogP contribution in [-0.4, -0.2) is 34.4 Å². The lowest BCUT2D eigenvalue weighted by Crippen LogP contribution is -2.30. The Bertz CT molecular complexity index is 899. The maximum atomic E-state index is 12.4. The van der Waals surface area contributed by atoms with Gasteiger partial charge in [0.05, 0.1) is 6.54 Å². The molecule has 0 fully saturated rings. The minimum absolute atomic E-state index is 0.0832. The highest BCUT2D eigenvalue weighted by Gasteiger charge is 2.11. The van der Waals surface area contributed by atoms with Crippen LogP contribution in [0.1, 0.15) is 11.1 Å². The van der Waals surface area contributed by atoms with Gasteiger partial charge in [-0.15, -0.1) is 0 Å². The molecular formula is C20H20F2N4O2. The first-order valence-corrected chi connectivity index (χ1v) is 8.62. The standard InChI is InChI=1S/C20H20F2N4O2/c1-25(13-15-6-8-18(9-7-15)28-19(21)22)20(27)24-17-5-2-4-16(12-17)14-26-11-3-10-23-26/h2-12,19H,13-14H2,1H3,(H,24,27). The van der Waals surface area contributed by atoms with E-state index in [4.69, 9.17) is 0 Å². The molecule has 0 saturated heterocycles. The molecule has 3 aromatic rings. The van der Waals surface area contributed by atoms with E-state index in [1.54, 1.807) is 30.1 Å². The lowest BCUT2D eigenvalue weighted by molar-refractivity contribution is -0.0498. The number of aromatic nitrogens is 2. The summed E-state index contributed by atoms with van der Waals surface area (Å²) >= 11 is 0. The van der Waals surface area contributed by atoms with Crippen molar-refractivity contribution in [3.63, 3.8) is 0 Å². The average molecular weight is 386 g/mol. The van der Waals surface area contributed by atoms with E-state index in [1.165, 1.54) is 17.0 Å². The molecule has 0 aliphatic carbocycles. The van der Waals surface area contributed by atoms with Crippen molar-refractivity contribution in [1.29, 1.82) is 0 Å². The molecule has 8 heteroatoms. The Kier molecular flexibility index (Phi) is 6.21. The van der Waals surface area contributed by atoms with Crippen LogP contribution in [0, 0.1) is 0 Å². The first kappa shape index (κ1) is 19.3. The number of amides is 2. The van der Waals surface area contributed by atoms with E-state index in [9.17, 15) is 13.6 Å². The number of hydrogen-bond acceptors (Lipinski definition) is 3. The minimum Gasteiger partial charge on any atom is -0.435 e. The molecule has 2 amide bonds. The lowest BCUT2D eigenvalue weighted by Gasteiger charge is -2.18. The second-order valence-corrected chi connectivity index (χ2v) is 6.21. The number of halogens is 2. The Labute approximate surface area is 161 Å². The van der Waals surface area contributed by atoms with Gasteiger partial charge >= 0.3 is 12.6 Å². The van der Waals surface area contributed by atoms with Crippen molar-refractivity contribution in [1.82, 2.24) is 14.7 Å². The first-order valence-electron chi connectivity index (χ1n) is 8.62. The normalized spacial score (nSPS) is 10.7. The van der Waals surface area contributed by atoms with E-state index in [1.807, 2.05) is 36.5 Å². The third-order valence-electron chi connectivity index (χ3n) is 4.00. The number of urea groups is 1. The van der Waals surface area contributed by atoms with Gasteiger partial charge in [0.25, 0.3) is 0 Å². The average Bonchev–Trinajstić information content (AvgIpc) is 3.16. The molecular weight excluding hydrogens is 366 g/mol. The smallest absolute Gasteiger partial charge is 0.387 e. The van der Waals surface area contributed by atoms with E-state index in [2.05, 4.69) is 15.2 Å². The number of nitrogens with zero attached hydrogens (tertiary/aromatic N) is 3. The Balaban J connectivity index is 1.56. The summed E-state index contributed by atoms with van der Waals surface area (Å²) in [4.78, 5) is 13.9. The second kappa shape index (κ2) is 8.98. The van der Waals surface area contributed by atoms with Gasteiger partial charge in [-0.2, -0.15) is 13.9 Å². The van der Waals surface area contributed by atoms with Gasteiger partial charge in [-0.25, -0.2) is 4.79 Å². The van der Waals surface area contributed by atoms with Gasteiger partial charge < -0.3 is 15.0 Å². The quantitative estimate of drug-likeness (QED) is 0.662. The van der Waals surface area contributed by atoms with Crippen molar-refractivity contribution in [2.45, 2.75) is 19.7 Å². The summed E-state index contributed by atoms with van der Waals surface area (Å²) < 4.78 is 30.5. The van der Waals surface area contributed by atoms with Crippen molar-refractivity contribution in [3.05, 3.63) is 78.1 Å². The summed E-state index contributed by atoms with van der Waals surface area (Å²) in [6.07, 6.45) is 3.59. The molecule has 0 bridgehead atoms. The number of rotatable bonds is 7. The molecule has 1 heterocycles. The number of carbonyl (C=O) groups excluding carboxylic acids is 1. The maximum absolute atomic E-state index is 12.4. The Morgan fingerprint density at radius 3 is 2.64 bits per heavy atom. The number of alkyl halides is 2. The van der Waals surface area contributed by atoms with Crippen LogP contribution in [0.5, 0.6) is 5.75 Å². The van der Waals surface area contributed by atoms with Crippen molar-refractivity contribution in [2.75, 3.05) is 12.4 Å². The third-order valence-corrected chi connectivity index (χ3v) is 4.00. The van der Waals surface area contributed by atoms with E-state index in [0.29, 0.717) is 18.8 Å². The Morgan fingerprint density at radius 1 is 1.18 bits per heavy atom. The molecule has 0 aliphatic rings. The zero-order valence-corrected chi connectivity index (χ0v) is 15.3. The molecule has 0 atom stereocenters. The molecule has 1 aromatic heterocycles. The predicted molar refractivity (Wildman–Crippen MR) is 101 cm³/mol. The van der Waals surface area contributed by atoms with Crippen molar-refractivity contribution >= 4 is 11.7 Å². The summed E-state index contributed by atoms with van der Waals surface area (Å²) in [5, 5.41) is 7.02. The minimum atomic E-state index is -2.86. The number of hydrogen-bond donors (Lipinski definition) is 1. The van der Waals surface area contributed by atoms with E-state index >= 15 is 0 Å².